The van der Waals surface area contributed by atoms with Gasteiger partial charge >= 0.3 is 5.97 Å². The Bertz CT molecular complexity index is 525. The van der Waals surface area contributed by atoms with Crippen molar-refractivity contribution in [2.75, 3.05) is 18.7 Å². The normalized spacial score (nSPS) is 21.9. The third-order valence-electron chi connectivity index (χ3n) is 3.81. The second-order valence-corrected chi connectivity index (χ2v) is 6.28. The first-order valence-corrected chi connectivity index (χ1v) is 8.21. The molecule has 1 N–H and O–H groups in total. The Kier molecular flexibility index (Phi) is 5.45. The predicted molar refractivity (Wildman–Crippen MR) is 80.9 cm³/mol. The molecule has 0 saturated heterocycles. The Labute approximate surface area is 127 Å². The fraction of sp³-hybridized carbons (Fsp3) is 0.533. The summed E-state index contributed by atoms with van der Waals surface area (Å²) in [6.07, 6.45) is 6.18. The molecule has 0 spiro atoms. The average Bonchev–Trinajstić information content (AvgIpc) is 2.51. The minimum atomic E-state index is -1.16. The lowest BCUT2D eigenvalue weighted by Crippen LogP contribution is -2.29. The van der Waals surface area contributed by atoms with Crippen molar-refractivity contribution in [3.8, 4) is 0 Å². The van der Waals surface area contributed by atoms with Crippen LogP contribution in [0.3, 0.4) is 0 Å². The molecule has 2 atom stereocenters. The Morgan fingerprint density at radius 1 is 1.33 bits per heavy atom. The van der Waals surface area contributed by atoms with E-state index in [1.165, 1.54) is 12.1 Å². The molecule has 21 heavy (non-hydrogen) atoms. The molecule has 0 aromatic heterocycles. The first-order chi connectivity index (χ1) is 10.1. The van der Waals surface area contributed by atoms with E-state index >= 15 is 0 Å². The molecule has 0 bridgehead atoms. The number of methoxy groups -OCH3 is 1. The number of benzene rings is 1. The summed E-state index contributed by atoms with van der Waals surface area (Å²) in [4.78, 5) is 11.3. The zero-order chi connectivity index (χ0) is 15.4. The van der Waals surface area contributed by atoms with E-state index in [-0.39, 0.29) is 17.3 Å². The van der Waals surface area contributed by atoms with Gasteiger partial charge in [-0.1, -0.05) is 6.42 Å². The lowest BCUT2D eigenvalue weighted by atomic mass is 9.94. The second-order valence-electron chi connectivity index (χ2n) is 5.15. The van der Waals surface area contributed by atoms with Crippen LogP contribution in [0.4, 0.5) is 14.5 Å². The van der Waals surface area contributed by atoms with Crippen LogP contribution < -0.4 is 5.32 Å². The first-order valence-electron chi connectivity index (χ1n) is 6.92. The third-order valence-corrected chi connectivity index (χ3v) is 4.90. The summed E-state index contributed by atoms with van der Waals surface area (Å²) in [5.41, 5.74) is -0.280. The van der Waals surface area contributed by atoms with Crippen LogP contribution in [0.25, 0.3) is 0 Å². The van der Waals surface area contributed by atoms with Crippen molar-refractivity contribution in [3.05, 3.63) is 29.3 Å². The number of hydrogen-bond donors (Lipinski definition) is 1. The molecular weight excluding hydrogens is 296 g/mol. The molecule has 6 heteroatoms. The standard InChI is InChI=1S/C15H19F2NO2S/c1-20-15(19)11-6-7-12(14(17)13(11)16)18-9-4-3-5-10(8-9)21-2/h6-7,9-10,18H,3-5,8H2,1-2H3. The zero-order valence-corrected chi connectivity index (χ0v) is 12.9. The van der Waals surface area contributed by atoms with E-state index < -0.39 is 17.6 Å². The van der Waals surface area contributed by atoms with Crippen LogP contribution >= 0.6 is 11.8 Å². The maximum atomic E-state index is 14.0. The third kappa shape index (κ3) is 3.67. The highest BCUT2D eigenvalue weighted by molar-refractivity contribution is 7.99. The molecule has 3 nitrogen and oxygen atoms in total. The van der Waals surface area contributed by atoms with Crippen LogP contribution in [-0.4, -0.2) is 30.6 Å². The number of ether oxygens (including phenoxy) is 1. The Morgan fingerprint density at radius 3 is 2.76 bits per heavy atom. The van der Waals surface area contributed by atoms with Crippen molar-refractivity contribution < 1.29 is 18.3 Å². The lowest BCUT2D eigenvalue weighted by Gasteiger charge is -2.29. The van der Waals surface area contributed by atoms with Crippen molar-refractivity contribution in [3.63, 3.8) is 0 Å². The molecule has 1 aliphatic rings. The highest BCUT2D eigenvalue weighted by Crippen LogP contribution is 2.30. The van der Waals surface area contributed by atoms with Crippen LogP contribution in [0.15, 0.2) is 12.1 Å². The van der Waals surface area contributed by atoms with Gasteiger partial charge in [-0.15, -0.1) is 0 Å². The molecule has 116 valence electrons. The van der Waals surface area contributed by atoms with Crippen LogP contribution in [0.5, 0.6) is 0 Å². The average molecular weight is 315 g/mol. The molecule has 0 radical (unpaired) electrons. The van der Waals surface area contributed by atoms with Crippen molar-refractivity contribution in [2.45, 2.75) is 37.0 Å². The van der Waals surface area contributed by atoms with Gasteiger partial charge in [0.25, 0.3) is 0 Å². The minimum Gasteiger partial charge on any atom is -0.465 e. The zero-order valence-electron chi connectivity index (χ0n) is 12.1. The highest BCUT2D eigenvalue weighted by Gasteiger charge is 2.24. The number of carbonyl (C=O) groups excluding carboxylic acids is 1. The number of nitrogens with one attached hydrogen (secondary N) is 1. The molecule has 0 amide bonds. The summed E-state index contributed by atoms with van der Waals surface area (Å²) >= 11 is 1.81. The molecule has 2 unspecified atom stereocenters. The van der Waals surface area contributed by atoms with Gasteiger partial charge in [-0.05, 0) is 37.7 Å². The van der Waals surface area contributed by atoms with E-state index in [1.54, 1.807) is 0 Å². The van der Waals surface area contributed by atoms with Gasteiger partial charge in [0.2, 0.25) is 0 Å². The molecule has 1 fully saturated rings. The van der Waals surface area contributed by atoms with Gasteiger partial charge in [0.1, 0.15) is 0 Å². The Balaban J connectivity index is 2.14. The number of halogens is 2. The summed E-state index contributed by atoms with van der Waals surface area (Å²) in [5, 5.41) is 3.61. The van der Waals surface area contributed by atoms with Crippen LogP contribution in [0.2, 0.25) is 0 Å². The van der Waals surface area contributed by atoms with Gasteiger partial charge < -0.3 is 10.1 Å². The van der Waals surface area contributed by atoms with Gasteiger partial charge in [-0.25, -0.2) is 13.6 Å². The van der Waals surface area contributed by atoms with Crippen LogP contribution in [0, 0.1) is 11.6 Å². The van der Waals surface area contributed by atoms with E-state index in [4.69, 9.17) is 0 Å². The molecule has 2 rings (SSSR count). The van der Waals surface area contributed by atoms with E-state index in [0.29, 0.717) is 5.25 Å². The van der Waals surface area contributed by atoms with Gasteiger partial charge in [0.15, 0.2) is 11.6 Å². The summed E-state index contributed by atoms with van der Waals surface area (Å²) in [6, 6.07) is 2.78. The molecule has 0 aliphatic heterocycles. The second kappa shape index (κ2) is 7.11. The van der Waals surface area contributed by atoms with Crippen molar-refractivity contribution in [1.29, 1.82) is 0 Å². The number of anilines is 1. The predicted octanol–water partition coefficient (Wildman–Crippen LogP) is 3.84. The molecule has 0 heterocycles. The number of thioether (sulfide) groups is 1. The quantitative estimate of drug-likeness (QED) is 0.857. The Hall–Kier alpha value is -1.30. The summed E-state index contributed by atoms with van der Waals surface area (Å²) in [6.45, 7) is 0. The highest BCUT2D eigenvalue weighted by atomic mass is 32.2. The smallest absolute Gasteiger partial charge is 0.340 e. The lowest BCUT2D eigenvalue weighted by molar-refractivity contribution is 0.0594. The van der Waals surface area contributed by atoms with Crippen molar-refractivity contribution >= 4 is 23.4 Å². The largest absolute Gasteiger partial charge is 0.465 e. The maximum absolute atomic E-state index is 14.0. The summed E-state index contributed by atoms with van der Waals surface area (Å²) in [5.74, 6) is -3.06. The minimum absolute atomic E-state index is 0.104. The Morgan fingerprint density at radius 2 is 2.10 bits per heavy atom. The van der Waals surface area contributed by atoms with Gasteiger partial charge in [0, 0.05) is 11.3 Å². The summed E-state index contributed by atoms with van der Waals surface area (Å²) < 4.78 is 32.3. The van der Waals surface area contributed by atoms with Gasteiger partial charge in [-0.3, -0.25) is 0 Å². The fourth-order valence-corrected chi connectivity index (χ4v) is 3.47. The molecule has 1 saturated carbocycles. The topological polar surface area (TPSA) is 38.3 Å². The fourth-order valence-electron chi connectivity index (χ4n) is 2.64. The van der Waals surface area contributed by atoms with Crippen molar-refractivity contribution in [1.82, 2.24) is 0 Å². The monoisotopic (exact) mass is 315 g/mol. The van der Waals surface area contributed by atoms with E-state index in [1.807, 2.05) is 11.8 Å². The molecular formula is C15H19F2NO2S. The maximum Gasteiger partial charge on any atom is 0.340 e. The molecule has 1 aliphatic carbocycles. The van der Waals surface area contributed by atoms with Crippen molar-refractivity contribution in [2.24, 2.45) is 0 Å². The van der Waals surface area contributed by atoms with Gasteiger partial charge in [-0.2, -0.15) is 11.8 Å². The van der Waals surface area contributed by atoms with Gasteiger partial charge in [0.05, 0.1) is 18.4 Å². The van der Waals surface area contributed by atoms with Crippen LogP contribution in [-0.2, 0) is 4.74 Å². The number of esters is 1. The van der Waals surface area contributed by atoms with E-state index in [9.17, 15) is 13.6 Å². The number of hydrogen-bond acceptors (Lipinski definition) is 4. The summed E-state index contributed by atoms with van der Waals surface area (Å²) in [7, 11) is 1.14. The SMILES string of the molecule is COC(=O)c1ccc(NC2CCCC(SC)C2)c(F)c1F. The van der Waals surface area contributed by atoms with E-state index in [2.05, 4.69) is 16.3 Å². The molecule has 1 aromatic rings. The number of carbonyl (C=O) groups is 1. The van der Waals surface area contributed by atoms with E-state index in [0.717, 1.165) is 32.8 Å². The number of rotatable bonds is 4. The molecule has 1 aromatic carbocycles. The first kappa shape index (κ1) is 16.1. The van der Waals surface area contributed by atoms with Crippen LogP contribution in [0.1, 0.15) is 36.0 Å².